The van der Waals surface area contributed by atoms with Gasteiger partial charge in [-0.3, -0.25) is 8.86 Å². The van der Waals surface area contributed by atoms with Gasteiger partial charge < -0.3 is 5.32 Å². The SMILES string of the molecule is CN(c1ccc(CNC(=S)CCc2ccc(C(F)(F)F)cc2)cc1F)S(=O)O. The Balaban J connectivity index is 1.85. The summed E-state index contributed by atoms with van der Waals surface area (Å²) >= 11 is 2.88. The maximum Gasteiger partial charge on any atom is 0.416 e. The zero-order valence-corrected chi connectivity index (χ0v) is 16.4. The van der Waals surface area contributed by atoms with E-state index in [1.165, 1.54) is 31.3 Å². The van der Waals surface area contributed by atoms with Gasteiger partial charge in [0.2, 0.25) is 0 Å². The minimum absolute atomic E-state index is 0.00513. The molecule has 2 N–H and O–H groups in total. The predicted octanol–water partition coefficient (Wildman–Crippen LogP) is 4.47. The monoisotopic (exact) mass is 434 g/mol. The molecule has 2 rings (SSSR count). The predicted molar refractivity (Wildman–Crippen MR) is 105 cm³/mol. The molecule has 28 heavy (non-hydrogen) atoms. The van der Waals surface area contributed by atoms with Crippen molar-refractivity contribution in [2.45, 2.75) is 25.6 Å². The quantitative estimate of drug-likeness (QED) is 0.384. The largest absolute Gasteiger partial charge is 0.416 e. The van der Waals surface area contributed by atoms with Crippen LogP contribution in [0.5, 0.6) is 0 Å². The molecule has 0 aliphatic carbocycles. The summed E-state index contributed by atoms with van der Waals surface area (Å²) in [6.07, 6.45) is -3.45. The van der Waals surface area contributed by atoms with Crippen LogP contribution in [0.2, 0.25) is 0 Å². The smallest absolute Gasteiger partial charge is 0.376 e. The molecule has 0 amide bonds. The van der Waals surface area contributed by atoms with Crippen LogP contribution in [0.1, 0.15) is 23.1 Å². The van der Waals surface area contributed by atoms with Crippen molar-refractivity contribution < 1.29 is 26.3 Å². The van der Waals surface area contributed by atoms with E-state index in [1.807, 2.05) is 0 Å². The van der Waals surface area contributed by atoms with E-state index >= 15 is 0 Å². The van der Waals surface area contributed by atoms with Gasteiger partial charge in [-0.2, -0.15) is 13.2 Å². The number of thiocarbonyl (C=S) groups is 1. The molecule has 0 spiro atoms. The van der Waals surface area contributed by atoms with Crippen LogP contribution in [0, 0.1) is 5.82 Å². The second-order valence-corrected chi connectivity index (χ2v) is 7.49. The van der Waals surface area contributed by atoms with E-state index in [-0.39, 0.29) is 12.2 Å². The second kappa shape index (κ2) is 9.44. The van der Waals surface area contributed by atoms with Crippen molar-refractivity contribution in [3.8, 4) is 0 Å². The number of benzene rings is 2. The molecule has 0 aromatic heterocycles. The number of halogens is 4. The van der Waals surface area contributed by atoms with Crippen molar-refractivity contribution >= 4 is 34.2 Å². The third-order valence-electron chi connectivity index (χ3n) is 4.00. The molecule has 2 aromatic rings. The molecular formula is C18H18F4N2O2S2. The minimum atomic E-state index is -4.36. The fraction of sp³-hybridized carbons (Fsp3) is 0.278. The number of hydrogen-bond acceptors (Lipinski definition) is 2. The van der Waals surface area contributed by atoms with E-state index in [9.17, 15) is 21.8 Å². The molecule has 4 nitrogen and oxygen atoms in total. The summed E-state index contributed by atoms with van der Waals surface area (Å²) in [7, 11) is 1.29. The Hall–Kier alpha value is -2.04. The first kappa shape index (κ1) is 22.3. The van der Waals surface area contributed by atoms with Crippen molar-refractivity contribution in [2.75, 3.05) is 11.4 Å². The summed E-state index contributed by atoms with van der Waals surface area (Å²) in [4.78, 5) is 0.498. The van der Waals surface area contributed by atoms with Gasteiger partial charge >= 0.3 is 6.18 Å². The Bertz CT molecular complexity index is 858. The van der Waals surface area contributed by atoms with Gasteiger partial charge in [0, 0.05) is 20.0 Å². The van der Waals surface area contributed by atoms with E-state index in [2.05, 4.69) is 5.32 Å². The van der Waals surface area contributed by atoms with E-state index < -0.39 is 28.8 Å². The molecule has 0 aliphatic heterocycles. The minimum Gasteiger partial charge on any atom is -0.376 e. The molecule has 0 aliphatic rings. The highest BCUT2D eigenvalue weighted by molar-refractivity contribution is 7.80. The Morgan fingerprint density at radius 1 is 1.18 bits per heavy atom. The van der Waals surface area contributed by atoms with Crippen LogP contribution in [-0.4, -0.2) is 20.8 Å². The molecule has 0 saturated heterocycles. The summed E-state index contributed by atoms with van der Waals surface area (Å²) in [6, 6.07) is 9.14. The molecule has 2 aromatic carbocycles. The third-order valence-corrected chi connectivity index (χ3v) is 5.01. The summed E-state index contributed by atoms with van der Waals surface area (Å²) in [5, 5.41) is 2.97. The summed E-state index contributed by atoms with van der Waals surface area (Å²) in [6.45, 7) is 0.259. The highest BCUT2D eigenvalue weighted by atomic mass is 32.2. The number of hydrogen-bond donors (Lipinski definition) is 2. The number of nitrogens with one attached hydrogen (secondary N) is 1. The Morgan fingerprint density at radius 3 is 2.32 bits per heavy atom. The first-order chi connectivity index (χ1) is 13.1. The molecule has 1 unspecified atom stereocenters. The lowest BCUT2D eigenvalue weighted by Crippen LogP contribution is -2.22. The van der Waals surface area contributed by atoms with Gasteiger partial charge in [-0.15, -0.1) is 0 Å². The number of aryl methyl sites for hydroxylation is 1. The highest BCUT2D eigenvalue weighted by Crippen LogP contribution is 2.29. The van der Waals surface area contributed by atoms with Gasteiger partial charge in [0.15, 0.2) is 0 Å². The molecule has 1 atom stereocenters. The lowest BCUT2D eigenvalue weighted by molar-refractivity contribution is -0.137. The third kappa shape index (κ3) is 6.25. The molecule has 152 valence electrons. The molecule has 0 radical (unpaired) electrons. The van der Waals surface area contributed by atoms with E-state index in [1.54, 1.807) is 6.07 Å². The highest BCUT2D eigenvalue weighted by Gasteiger charge is 2.29. The normalized spacial score (nSPS) is 12.5. The zero-order valence-electron chi connectivity index (χ0n) is 14.8. The fourth-order valence-corrected chi connectivity index (χ4v) is 2.90. The first-order valence-electron chi connectivity index (χ1n) is 8.14. The molecule has 0 fully saturated rings. The van der Waals surface area contributed by atoms with Gasteiger partial charge in [0.05, 0.1) is 16.2 Å². The topological polar surface area (TPSA) is 52.6 Å². The van der Waals surface area contributed by atoms with Crippen LogP contribution in [0.4, 0.5) is 23.2 Å². The van der Waals surface area contributed by atoms with Gasteiger partial charge in [-0.1, -0.05) is 30.4 Å². The van der Waals surface area contributed by atoms with E-state index in [0.29, 0.717) is 23.4 Å². The number of rotatable bonds is 7. The zero-order chi connectivity index (χ0) is 20.9. The van der Waals surface area contributed by atoms with Crippen molar-refractivity contribution in [2.24, 2.45) is 0 Å². The standard InChI is InChI=1S/C18H18F4N2O2S2/c1-24(28(25)26)16-8-4-13(10-15(16)19)11-23-17(27)9-5-12-2-6-14(7-3-12)18(20,21)22/h2-4,6-8,10H,5,9,11H2,1H3,(H,23,27)(H,25,26). The van der Waals surface area contributed by atoms with Gasteiger partial charge in [0.25, 0.3) is 11.3 Å². The van der Waals surface area contributed by atoms with Crippen LogP contribution < -0.4 is 9.62 Å². The first-order valence-corrected chi connectivity index (χ1v) is 9.61. The summed E-state index contributed by atoms with van der Waals surface area (Å²) < 4.78 is 72.6. The Kier molecular flexibility index (Phi) is 7.50. The van der Waals surface area contributed by atoms with Crippen molar-refractivity contribution in [1.29, 1.82) is 0 Å². The second-order valence-electron chi connectivity index (χ2n) is 5.99. The van der Waals surface area contributed by atoms with Crippen molar-refractivity contribution in [1.82, 2.24) is 5.32 Å². The lowest BCUT2D eigenvalue weighted by Gasteiger charge is -2.15. The van der Waals surface area contributed by atoms with Crippen LogP contribution >= 0.6 is 12.2 Å². The average Bonchev–Trinajstić information content (AvgIpc) is 2.63. The number of anilines is 1. The van der Waals surface area contributed by atoms with E-state index in [0.717, 1.165) is 22.0 Å². The molecule has 10 heteroatoms. The molecule has 0 saturated carbocycles. The molecule has 0 bridgehead atoms. The van der Waals surface area contributed by atoms with Crippen LogP contribution in [0.25, 0.3) is 0 Å². The maximum atomic E-state index is 14.0. The molecule has 0 heterocycles. The van der Waals surface area contributed by atoms with Crippen molar-refractivity contribution in [3.63, 3.8) is 0 Å². The summed E-state index contributed by atoms with van der Waals surface area (Å²) in [5.41, 5.74) is 0.621. The number of nitrogens with zero attached hydrogens (tertiary/aromatic N) is 1. The van der Waals surface area contributed by atoms with Gasteiger partial charge in [-0.25, -0.2) is 8.60 Å². The Morgan fingerprint density at radius 2 is 1.79 bits per heavy atom. The van der Waals surface area contributed by atoms with Crippen LogP contribution in [0.3, 0.4) is 0 Å². The molecular weight excluding hydrogens is 416 g/mol. The van der Waals surface area contributed by atoms with Gasteiger partial charge in [-0.05, 0) is 41.8 Å². The summed E-state index contributed by atoms with van der Waals surface area (Å²) in [5.74, 6) is -0.639. The van der Waals surface area contributed by atoms with E-state index in [4.69, 9.17) is 16.8 Å². The lowest BCUT2D eigenvalue weighted by atomic mass is 10.1. The van der Waals surface area contributed by atoms with Crippen molar-refractivity contribution in [3.05, 3.63) is 65.0 Å². The fourth-order valence-electron chi connectivity index (χ4n) is 2.41. The van der Waals surface area contributed by atoms with Crippen LogP contribution in [0.15, 0.2) is 42.5 Å². The maximum absolute atomic E-state index is 14.0. The average molecular weight is 434 g/mol. The van der Waals surface area contributed by atoms with Crippen LogP contribution in [-0.2, 0) is 30.4 Å². The number of alkyl halides is 3. The van der Waals surface area contributed by atoms with Gasteiger partial charge in [0.1, 0.15) is 5.82 Å². The Labute approximate surface area is 168 Å².